The lowest BCUT2D eigenvalue weighted by Crippen LogP contribution is -2.37. The lowest BCUT2D eigenvalue weighted by Gasteiger charge is -1.94. The van der Waals surface area contributed by atoms with E-state index in [1.54, 1.807) is 6.21 Å². The van der Waals surface area contributed by atoms with Crippen molar-refractivity contribution in [1.29, 1.82) is 0 Å². The third-order valence-electron chi connectivity index (χ3n) is 2.44. The summed E-state index contributed by atoms with van der Waals surface area (Å²) < 4.78 is 1.85. The number of rotatable bonds is 5. The Labute approximate surface area is 106 Å². The molecule has 0 saturated heterocycles. The minimum Gasteiger partial charge on any atom is -0.290 e. The first-order valence-corrected chi connectivity index (χ1v) is 5.85. The lowest BCUT2D eigenvalue weighted by molar-refractivity contribution is -0.684. The van der Waals surface area contributed by atoms with Gasteiger partial charge in [0.25, 0.3) is 0 Å². The summed E-state index contributed by atoms with van der Waals surface area (Å²) in [6.45, 7) is 0.587. The van der Waals surface area contributed by atoms with E-state index in [1.807, 2.05) is 65.5 Å². The average Bonchev–Trinajstić information content (AvgIpc) is 2.41. The van der Waals surface area contributed by atoms with Crippen LogP contribution in [0.3, 0.4) is 0 Å². The molecule has 0 unspecified atom stereocenters. The first-order chi connectivity index (χ1) is 8.84. The summed E-state index contributed by atoms with van der Waals surface area (Å²) in [5.74, 6) is 0.0957. The summed E-state index contributed by atoms with van der Waals surface area (Å²) >= 11 is 0. The standard InChI is InChI=1S/C15H15N2O/c18-15(13-17-9-5-2-6-10-17)12-16-11-14-7-3-1-4-8-14/h1-11H,12-13H2/q+1. The minimum atomic E-state index is 0.0957. The number of hydrogen-bond donors (Lipinski definition) is 0. The Hall–Kier alpha value is -2.29. The smallest absolute Gasteiger partial charge is 0.218 e. The van der Waals surface area contributed by atoms with Crippen LogP contribution in [0, 0.1) is 0 Å². The Morgan fingerprint density at radius 1 is 1.06 bits per heavy atom. The molecule has 0 aliphatic rings. The number of ketones is 1. The molecule has 0 atom stereocenters. The molecule has 90 valence electrons. The highest BCUT2D eigenvalue weighted by Gasteiger charge is 2.06. The van der Waals surface area contributed by atoms with Crippen LogP contribution in [0.4, 0.5) is 0 Å². The van der Waals surface area contributed by atoms with Crippen molar-refractivity contribution in [3.63, 3.8) is 0 Å². The molecule has 0 aliphatic carbocycles. The van der Waals surface area contributed by atoms with Crippen LogP contribution in [-0.2, 0) is 11.3 Å². The van der Waals surface area contributed by atoms with Crippen LogP contribution in [0.25, 0.3) is 0 Å². The molecule has 0 spiro atoms. The predicted molar refractivity (Wildman–Crippen MR) is 70.5 cm³/mol. The largest absolute Gasteiger partial charge is 0.290 e. The van der Waals surface area contributed by atoms with Gasteiger partial charge in [-0.15, -0.1) is 0 Å². The second-order valence-electron chi connectivity index (χ2n) is 3.97. The summed E-state index contributed by atoms with van der Waals surface area (Å²) in [5, 5.41) is 0. The Morgan fingerprint density at radius 3 is 2.44 bits per heavy atom. The van der Waals surface area contributed by atoms with Gasteiger partial charge in [-0.3, -0.25) is 9.79 Å². The molecule has 3 nitrogen and oxygen atoms in total. The normalized spacial score (nSPS) is 10.7. The summed E-state index contributed by atoms with van der Waals surface area (Å²) in [6.07, 6.45) is 5.48. The zero-order chi connectivity index (χ0) is 12.6. The van der Waals surface area contributed by atoms with Gasteiger partial charge in [-0.1, -0.05) is 36.4 Å². The average molecular weight is 239 g/mol. The third kappa shape index (κ3) is 3.94. The monoisotopic (exact) mass is 239 g/mol. The van der Waals surface area contributed by atoms with Crippen molar-refractivity contribution in [3.05, 3.63) is 66.5 Å². The molecule has 0 amide bonds. The molecule has 0 radical (unpaired) electrons. The van der Waals surface area contributed by atoms with Crippen LogP contribution in [0.2, 0.25) is 0 Å². The van der Waals surface area contributed by atoms with E-state index < -0.39 is 0 Å². The predicted octanol–water partition coefficient (Wildman–Crippen LogP) is 1.66. The van der Waals surface area contributed by atoms with Gasteiger partial charge in [0.1, 0.15) is 6.54 Å². The second kappa shape index (κ2) is 6.45. The molecule has 0 aliphatic heterocycles. The van der Waals surface area contributed by atoms with E-state index in [-0.39, 0.29) is 12.3 Å². The maximum absolute atomic E-state index is 11.7. The van der Waals surface area contributed by atoms with Gasteiger partial charge < -0.3 is 0 Å². The molecule has 0 saturated carbocycles. The van der Waals surface area contributed by atoms with Crippen molar-refractivity contribution in [3.8, 4) is 0 Å². The quantitative estimate of drug-likeness (QED) is 0.577. The van der Waals surface area contributed by atoms with E-state index in [0.29, 0.717) is 6.54 Å². The highest BCUT2D eigenvalue weighted by Crippen LogP contribution is 1.93. The molecule has 3 heteroatoms. The van der Waals surface area contributed by atoms with E-state index in [4.69, 9.17) is 0 Å². The molecule has 18 heavy (non-hydrogen) atoms. The zero-order valence-electron chi connectivity index (χ0n) is 10.1. The fraction of sp³-hybridized carbons (Fsp3) is 0.133. The van der Waals surface area contributed by atoms with Crippen molar-refractivity contribution in [2.75, 3.05) is 6.54 Å². The van der Waals surface area contributed by atoms with E-state index in [1.165, 1.54) is 0 Å². The number of aromatic nitrogens is 1. The topological polar surface area (TPSA) is 33.3 Å². The third-order valence-corrected chi connectivity index (χ3v) is 2.44. The molecule has 0 fully saturated rings. The number of Topliss-reactive ketones (excluding diaryl/α,β-unsaturated/α-hetero) is 1. The molecule has 2 rings (SSSR count). The number of benzene rings is 1. The van der Waals surface area contributed by atoms with Crippen LogP contribution in [0.15, 0.2) is 65.9 Å². The number of carbonyl (C=O) groups is 1. The van der Waals surface area contributed by atoms with Gasteiger partial charge in [0, 0.05) is 18.3 Å². The highest BCUT2D eigenvalue weighted by atomic mass is 16.1. The zero-order valence-corrected chi connectivity index (χ0v) is 10.1. The first kappa shape index (κ1) is 12.2. The van der Waals surface area contributed by atoms with Crippen molar-refractivity contribution >= 4 is 12.0 Å². The Morgan fingerprint density at radius 2 is 1.72 bits per heavy atom. The molecule has 0 N–H and O–H groups in total. The Kier molecular flexibility index (Phi) is 4.36. The highest BCUT2D eigenvalue weighted by molar-refractivity contribution is 5.84. The maximum atomic E-state index is 11.7. The fourth-order valence-electron chi connectivity index (χ4n) is 1.59. The summed E-state index contributed by atoms with van der Waals surface area (Å²) in [4.78, 5) is 15.8. The van der Waals surface area contributed by atoms with Crippen LogP contribution < -0.4 is 4.57 Å². The summed E-state index contributed by atoms with van der Waals surface area (Å²) in [7, 11) is 0. The van der Waals surface area contributed by atoms with Crippen LogP contribution in [0.5, 0.6) is 0 Å². The van der Waals surface area contributed by atoms with Crippen molar-refractivity contribution in [1.82, 2.24) is 0 Å². The molecular formula is C15H15N2O+. The number of nitrogens with zero attached hydrogens (tertiary/aromatic N) is 2. The number of hydrogen-bond acceptors (Lipinski definition) is 2. The second-order valence-corrected chi connectivity index (χ2v) is 3.97. The molecule has 1 aromatic heterocycles. The maximum Gasteiger partial charge on any atom is 0.218 e. The fourth-order valence-corrected chi connectivity index (χ4v) is 1.59. The van der Waals surface area contributed by atoms with Crippen molar-refractivity contribution in [2.45, 2.75) is 6.54 Å². The van der Waals surface area contributed by atoms with Crippen LogP contribution in [-0.4, -0.2) is 18.5 Å². The van der Waals surface area contributed by atoms with E-state index in [2.05, 4.69) is 4.99 Å². The SMILES string of the molecule is O=C(CN=Cc1ccccc1)C[n+]1ccccc1. The van der Waals surface area contributed by atoms with Gasteiger partial charge >= 0.3 is 0 Å². The first-order valence-electron chi connectivity index (χ1n) is 5.85. The van der Waals surface area contributed by atoms with Gasteiger partial charge in [0.2, 0.25) is 12.3 Å². The number of aliphatic imine (C=N–C) groups is 1. The summed E-state index contributed by atoms with van der Waals surface area (Å²) in [5.41, 5.74) is 1.01. The van der Waals surface area contributed by atoms with Gasteiger partial charge in [0.05, 0.1) is 0 Å². The molecule has 1 heterocycles. The molecular weight excluding hydrogens is 224 g/mol. The van der Waals surface area contributed by atoms with E-state index in [9.17, 15) is 4.79 Å². The molecule has 0 bridgehead atoms. The van der Waals surface area contributed by atoms with Gasteiger partial charge in [-0.05, 0) is 5.56 Å². The van der Waals surface area contributed by atoms with Gasteiger partial charge in [0.15, 0.2) is 12.4 Å². The van der Waals surface area contributed by atoms with E-state index in [0.717, 1.165) is 5.56 Å². The van der Waals surface area contributed by atoms with Crippen molar-refractivity contribution in [2.24, 2.45) is 4.99 Å². The Bertz CT molecular complexity index is 521. The lowest BCUT2D eigenvalue weighted by atomic mass is 10.2. The van der Waals surface area contributed by atoms with Crippen molar-refractivity contribution < 1.29 is 9.36 Å². The number of carbonyl (C=O) groups excluding carboxylic acids is 1. The van der Waals surface area contributed by atoms with Gasteiger partial charge in [-0.2, -0.15) is 4.57 Å². The summed E-state index contributed by atoms with van der Waals surface area (Å²) in [6, 6.07) is 15.5. The molecule has 2 aromatic rings. The number of pyridine rings is 1. The molecule has 1 aromatic carbocycles. The minimum absolute atomic E-state index is 0.0957. The van der Waals surface area contributed by atoms with Gasteiger partial charge in [-0.25, -0.2) is 0 Å². The van der Waals surface area contributed by atoms with E-state index >= 15 is 0 Å². The van der Waals surface area contributed by atoms with Crippen LogP contribution >= 0.6 is 0 Å². The Balaban J connectivity index is 1.84. The van der Waals surface area contributed by atoms with Crippen LogP contribution in [0.1, 0.15) is 5.56 Å².